The number of ether oxygens (including phenoxy) is 1. The van der Waals surface area contributed by atoms with Gasteiger partial charge in [-0.25, -0.2) is 0 Å². The Balaban J connectivity index is 1.73. The van der Waals surface area contributed by atoms with Crippen LogP contribution in [0.3, 0.4) is 0 Å². The average Bonchev–Trinajstić information content (AvgIpc) is 2.48. The summed E-state index contributed by atoms with van der Waals surface area (Å²) >= 11 is 5.89. The summed E-state index contributed by atoms with van der Waals surface area (Å²) in [5.74, 6) is 0.520. The zero-order chi connectivity index (χ0) is 15.1. The molecule has 21 heavy (non-hydrogen) atoms. The van der Waals surface area contributed by atoms with Crippen LogP contribution in [0.15, 0.2) is 35.9 Å². The van der Waals surface area contributed by atoms with E-state index >= 15 is 0 Å². The molecular formula is C17H22ClNO2. The summed E-state index contributed by atoms with van der Waals surface area (Å²) in [6, 6.07) is 7.08. The first kappa shape index (κ1) is 15.9. The molecule has 4 heteroatoms. The van der Waals surface area contributed by atoms with Crippen molar-refractivity contribution in [2.75, 3.05) is 6.54 Å². The molecule has 1 aromatic carbocycles. The zero-order valence-electron chi connectivity index (χ0n) is 12.4. The standard InChI is InChI=1S/C17H22ClNO2/c1-13(21-16-9-5-8-15(18)12-16)17(20)19-11-10-14-6-3-2-4-7-14/h5-6,8-9,12-13H,2-4,7,10-11H2,1H3,(H,19,20). The van der Waals surface area contributed by atoms with Gasteiger partial charge in [0.2, 0.25) is 0 Å². The van der Waals surface area contributed by atoms with Gasteiger partial charge in [-0.05, 0) is 57.2 Å². The van der Waals surface area contributed by atoms with E-state index in [4.69, 9.17) is 16.3 Å². The second-order valence-corrected chi connectivity index (χ2v) is 5.80. The molecule has 0 heterocycles. The first-order chi connectivity index (χ1) is 10.1. The second kappa shape index (κ2) is 8.08. The first-order valence-electron chi connectivity index (χ1n) is 7.53. The molecule has 0 aliphatic heterocycles. The van der Waals surface area contributed by atoms with Crippen LogP contribution in [0.25, 0.3) is 0 Å². The topological polar surface area (TPSA) is 38.3 Å². The van der Waals surface area contributed by atoms with Crippen LogP contribution in [0.2, 0.25) is 5.02 Å². The second-order valence-electron chi connectivity index (χ2n) is 5.37. The van der Waals surface area contributed by atoms with Crippen LogP contribution in [0, 0.1) is 0 Å². The summed E-state index contributed by atoms with van der Waals surface area (Å²) in [5.41, 5.74) is 1.46. The molecule has 3 nitrogen and oxygen atoms in total. The monoisotopic (exact) mass is 307 g/mol. The molecule has 1 aliphatic carbocycles. The molecule has 0 saturated heterocycles. The van der Waals surface area contributed by atoms with Gasteiger partial charge in [-0.1, -0.05) is 29.3 Å². The molecule has 2 rings (SSSR count). The van der Waals surface area contributed by atoms with Crippen molar-refractivity contribution in [2.24, 2.45) is 0 Å². The SMILES string of the molecule is CC(Oc1cccc(Cl)c1)C(=O)NCCC1=CCCCC1. The Labute approximate surface area is 131 Å². The van der Waals surface area contributed by atoms with Crippen LogP contribution in [0.4, 0.5) is 0 Å². The van der Waals surface area contributed by atoms with Gasteiger partial charge in [0.15, 0.2) is 6.10 Å². The average molecular weight is 308 g/mol. The van der Waals surface area contributed by atoms with E-state index in [9.17, 15) is 4.79 Å². The number of rotatable bonds is 6. The Hall–Kier alpha value is -1.48. The van der Waals surface area contributed by atoms with Crippen molar-refractivity contribution in [3.05, 3.63) is 40.9 Å². The molecule has 0 spiro atoms. The summed E-state index contributed by atoms with van der Waals surface area (Å²) in [4.78, 5) is 12.0. The summed E-state index contributed by atoms with van der Waals surface area (Å²) in [6.07, 6.45) is 7.64. The number of halogens is 1. The lowest BCUT2D eigenvalue weighted by atomic mass is 9.97. The number of allylic oxidation sites excluding steroid dienone is 1. The smallest absolute Gasteiger partial charge is 0.260 e. The number of benzene rings is 1. The fourth-order valence-electron chi connectivity index (χ4n) is 2.42. The third-order valence-corrected chi connectivity index (χ3v) is 3.84. The van der Waals surface area contributed by atoms with Crippen molar-refractivity contribution in [3.63, 3.8) is 0 Å². The molecule has 1 N–H and O–H groups in total. The lowest BCUT2D eigenvalue weighted by molar-refractivity contribution is -0.127. The summed E-state index contributed by atoms with van der Waals surface area (Å²) in [5, 5.41) is 3.53. The Kier molecular flexibility index (Phi) is 6.12. The Bertz CT molecular complexity index is 513. The van der Waals surface area contributed by atoms with E-state index in [-0.39, 0.29) is 5.91 Å². The molecule has 114 valence electrons. The molecule has 0 saturated carbocycles. The highest BCUT2D eigenvalue weighted by molar-refractivity contribution is 6.30. The Morgan fingerprint density at radius 1 is 1.43 bits per heavy atom. The molecular weight excluding hydrogens is 286 g/mol. The van der Waals surface area contributed by atoms with Crippen molar-refractivity contribution in [2.45, 2.75) is 45.1 Å². The predicted octanol–water partition coefficient (Wildman–Crippen LogP) is 4.11. The Morgan fingerprint density at radius 3 is 3.00 bits per heavy atom. The number of nitrogens with one attached hydrogen (secondary N) is 1. The molecule has 0 aromatic heterocycles. The highest BCUT2D eigenvalue weighted by atomic mass is 35.5. The molecule has 1 atom stereocenters. The molecule has 1 aromatic rings. The van der Waals surface area contributed by atoms with Gasteiger partial charge in [-0.3, -0.25) is 4.79 Å². The van der Waals surface area contributed by atoms with Gasteiger partial charge in [0.25, 0.3) is 5.91 Å². The van der Waals surface area contributed by atoms with E-state index in [1.165, 1.54) is 31.3 Å². The van der Waals surface area contributed by atoms with Crippen molar-refractivity contribution >= 4 is 17.5 Å². The molecule has 0 radical (unpaired) electrons. The summed E-state index contributed by atoms with van der Waals surface area (Å²) < 4.78 is 5.59. The number of hydrogen-bond donors (Lipinski definition) is 1. The van der Waals surface area contributed by atoms with Crippen LogP contribution < -0.4 is 10.1 Å². The minimum Gasteiger partial charge on any atom is -0.481 e. The summed E-state index contributed by atoms with van der Waals surface area (Å²) in [6.45, 7) is 2.42. The minimum atomic E-state index is -0.524. The molecule has 1 unspecified atom stereocenters. The number of carbonyl (C=O) groups excluding carboxylic acids is 1. The third-order valence-electron chi connectivity index (χ3n) is 3.61. The van der Waals surface area contributed by atoms with E-state index in [2.05, 4.69) is 11.4 Å². The van der Waals surface area contributed by atoms with E-state index in [0.717, 1.165) is 6.42 Å². The highest BCUT2D eigenvalue weighted by Crippen LogP contribution is 2.20. The molecule has 1 amide bonds. The minimum absolute atomic E-state index is 0.0913. The fourth-order valence-corrected chi connectivity index (χ4v) is 2.60. The maximum absolute atomic E-state index is 12.0. The Morgan fingerprint density at radius 2 is 2.29 bits per heavy atom. The van der Waals surface area contributed by atoms with Gasteiger partial charge in [-0.2, -0.15) is 0 Å². The van der Waals surface area contributed by atoms with Crippen LogP contribution in [-0.2, 0) is 4.79 Å². The van der Waals surface area contributed by atoms with Gasteiger partial charge in [0.1, 0.15) is 5.75 Å². The number of hydrogen-bond acceptors (Lipinski definition) is 2. The van der Waals surface area contributed by atoms with Gasteiger partial charge >= 0.3 is 0 Å². The third kappa shape index (κ3) is 5.43. The maximum atomic E-state index is 12.0. The van der Waals surface area contributed by atoms with Gasteiger partial charge < -0.3 is 10.1 Å². The van der Waals surface area contributed by atoms with Crippen LogP contribution in [-0.4, -0.2) is 18.6 Å². The van der Waals surface area contributed by atoms with Crippen LogP contribution >= 0.6 is 11.6 Å². The van der Waals surface area contributed by atoms with Crippen LogP contribution in [0.5, 0.6) is 5.75 Å². The van der Waals surface area contributed by atoms with Crippen LogP contribution in [0.1, 0.15) is 39.0 Å². The molecule has 1 aliphatic rings. The largest absolute Gasteiger partial charge is 0.481 e. The van der Waals surface area contributed by atoms with E-state index in [0.29, 0.717) is 17.3 Å². The normalized spacial score (nSPS) is 16.0. The molecule has 0 fully saturated rings. The quantitative estimate of drug-likeness (QED) is 0.803. The van der Waals surface area contributed by atoms with Crippen molar-refractivity contribution in [1.82, 2.24) is 5.32 Å². The lowest BCUT2D eigenvalue weighted by Gasteiger charge is -2.16. The fraction of sp³-hybridized carbons (Fsp3) is 0.471. The van der Waals surface area contributed by atoms with E-state index in [1.807, 2.05) is 0 Å². The maximum Gasteiger partial charge on any atom is 0.260 e. The number of carbonyl (C=O) groups is 1. The lowest BCUT2D eigenvalue weighted by Crippen LogP contribution is -2.36. The van der Waals surface area contributed by atoms with Gasteiger partial charge in [0, 0.05) is 11.6 Å². The first-order valence-corrected chi connectivity index (χ1v) is 7.91. The zero-order valence-corrected chi connectivity index (χ0v) is 13.2. The van der Waals surface area contributed by atoms with Crippen molar-refractivity contribution < 1.29 is 9.53 Å². The molecule has 0 bridgehead atoms. The van der Waals surface area contributed by atoms with E-state index < -0.39 is 6.10 Å². The predicted molar refractivity (Wildman–Crippen MR) is 85.7 cm³/mol. The van der Waals surface area contributed by atoms with Crippen molar-refractivity contribution in [3.8, 4) is 5.75 Å². The summed E-state index contributed by atoms with van der Waals surface area (Å²) in [7, 11) is 0. The van der Waals surface area contributed by atoms with E-state index in [1.54, 1.807) is 31.2 Å². The number of amides is 1. The van der Waals surface area contributed by atoms with Gasteiger partial charge in [-0.15, -0.1) is 0 Å². The highest BCUT2D eigenvalue weighted by Gasteiger charge is 2.14. The van der Waals surface area contributed by atoms with Gasteiger partial charge in [0.05, 0.1) is 0 Å². The van der Waals surface area contributed by atoms with Crippen molar-refractivity contribution in [1.29, 1.82) is 0 Å².